The molecule has 1 aliphatic heterocycles. The molecule has 3 N–H and O–H groups in total. The first-order valence-corrected chi connectivity index (χ1v) is 8.46. The predicted octanol–water partition coefficient (Wildman–Crippen LogP) is 3.18. The Morgan fingerprint density at radius 1 is 1.08 bits per heavy atom. The molecular weight excluding hydrogens is 333 g/mol. The number of nitrogens with one attached hydrogen (secondary N) is 1. The molecule has 1 aliphatic rings. The predicted molar refractivity (Wildman–Crippen MR) is 100 cm³/mol. The molecule has 1 saturated heterocycles. The summed E-state index contributed by atoms with van der Waals surface area (Å²) in [6.07, 6.45) is 5.16. The fraction of sp³-hybridized carbons (Fsp3) is 0.200. The molecule has 0 aromatic heterocycles. The average molecular weight is 353 g/mol. The molecule has 6 heteroatoms. The molecule has 3 rings (SSSR count). The minimum atomic E-state index is -0.546. The van der Waals surface area contributed by atoms with Gasteiger partial charge in [-0.05, 0) is 54.8 Å². The highest BCUT2D eigenvalue weighted by Crippen LogP contribution is 2.30. The van der Waals surface area contributed by atoms with Gasteiger partial charge in [-0.15, -0.1) is 0 Å². The van der Waals surface area contributed by atoms with Crippen LogP contribution in [0.1, 0.15) is 28.8 Å². The summed E-state index contributed by atoms with van der Waals surface area (Å²) in [5.41, 5.74) is 7.83. The molecule has 0 bridgehead atoms. The first-order chi connectivity index (χ1) is 12.5. The lowest BCUT2D eigenvalue weighted by Crippen LogP contribution is -2.21. The van der Waals surface area contributed by atoms with Gasteiger partial charge in [0, 0.05) is 24.7 Å². The van der Waals surface area contributed by atoms with Gasteiger partial charge in [-0.25, -0.2) is 4.39 Å². The third-order valence-electron chi connectivity index (χ3n) is 4.28. The maximum Gasteiger partial charge on any atom is 0.248 e. The van der Waals surface area contributed by atoms with Gasteiger partial charge in [0.1, 0.15) is 5.82 Å². The lowest BCUT2D eigenvalue weighted by atomic mass is 10.1. The van der Waals surface area contributed by atoms with E-state index in [-0.39, 0.29) is 11.7 Å². The number of carbonyl (C=O) groups excluding carboxylic acids is 2. The summed E-state index contributed by atoms with van der Waals surface area (Å²) < 4.78 is 12.9. The van der Waals surface area contributed by atoms with Crippen molar-refractivity contribution in [2.75, 3.05) is 23.3 Å². The first-order valence-electron chi connectivity index (χ1n) is 8.46. The molecule has 0 unspecified atom stereocenters. The van der Waals surface area contributed by atoms with E-state index in [4.69, 9.17) is 5.73 Å². The molecular formula is C20H20FN3O2. The zero-order valence-corrected chi connectivity index (χ0v) is 14.2. The zero-order chi connectivity index (χ0) is 18.5. The quantitative estimate of drug-likeness (QED) is 0.811. The second-order valence-corrected chi connectivity index (χ2v) is 6.16. The van der Waals surface area contributed by atoms with Crippen molar-refractivity contribution in [3.63, 3.8) is 0 Å². The molecule has 0 aliphatic carbocycles. The summed E-state index contributed by atoms with van der Waals surface area (Å²) in [6, 6.07) is 10.9. The van der Waals surface area contributed by atoms with Crippen LogP contribution in [-0.2, 0) is 4.79 Å². The monoisotopic (exact) mass is 353 g/mol. The topological polar surface area (TPSA) is 75.4 Å². The number of hydrogen-bond donors (Lipinski definition) is 2. The Kier molecular flexibility index (Phi) is 5.31. The Morgan fingerprint density at radius 3 is 2.42 bits per heavy atom. The summed E-state index contributed by atoms with van der Waals surface area (Å²) in [5.74, 6) is -1.21. The second-order valence-electron chi connectivity index (χ2n) is 6.16. The summed E-state index contributed by atoms with van der Waals surface area (Å²) in [4.78, 5) is 25.9. The Bertz CT molecular complexity index is 841. The van der Waals surface area contributed by atoms with Gasteiger partial charge in [0.2, 0.25) is 11.8 Å². The van der Waals surface area contributed by atoms with Crippen molar-refractivity contribution in [3.05, 3.63) is 65.5 Å². The third kappa shape index (κ3) is 4.27. The fourth-order valence-electron chi connectivity index (χ4n) is 2.94. The van der Waals surface area contributed by atoms with Crippen LogP contribution in [0.15, 0.2) is 48.5 Å². The van der Waals surface area contributed by atoms with Crippen LogP contribution in [0.25, 0.3) is 6.08 Å². The smallest absolute Gasteiger partial charge is 0.248 e. The maximum atomic E-state index is 12.9. The molecule has 26 heavy (non-hydrogen) atoms. The first kappa shape index (κ1) is 17.7. The normalized spacial score (nSPS) is 14.0. The zero-order valence-electron chi connectivity index (χ0n) is 14.2. The van der Waals surface area contributed by atoms with E-state index in [9.17, 15) is 14.0 Å². The number of amides is 2. The molecule has 0 spiro atoms. The Morgan fingerprint density at radius 2 is 1.77 bits per heavy atom. The fourth-order valence-corrected chi connectivity index (χ4v) is 2.94. The number of primary amides is 1. The lowest BCUT2D eigenvalue weighted by Gasteiger charge is -2.21. The third-order valence-corrected chi connectivity index (χ3v) is 4.28. The van der Waals surface area contributed by atoms with E-state index in [2.05, 4.69) is 10.2 Å². The highest BCUT2D eigenvalue weighted by Gasteiger charge is 2.17. The van der Waals surface area contributed by atoms with Crippen LogP contribution in [-0.4, -0.2) is 24.9 Å². The highest BCUT2D eigenvalue weighted by molar-refractivity contribution is 6.05. The van der Waals surface area contributed by atoms with Gasteiger partial charge in [0.05, 0.1) is 11.4 Å². The average Bonchev–Trinajstić information content (AvgIpc) is 3.15. The van der Waals surface area contributed by atoms with E-state index in [0.29, 0.717) is 16.8 Å². The van der Waals surface area contributed by atoms with E-state index in [1.165, 1.54) is 18.2 Å². The van der Waals surface area contributed by atoms with Crippen molar-refractivity contribution < 1.29 is 14.0 Å². The van der Waals surface area contributed by atoms with Gasteiger partial charge in [0.15, 0.2) is 0 Å². The molecule has 0 atom stereocenters. The van der Waals surface area contributed by atoms with E-state index in [1.807, 2.05) is 6.07 Å². The van der Waals surface area contributed by atoms with Crippen LogP contribution in [0.4, 0.5) is 15.8 Å². The minimum absolute atomic E-state index is 0.329. The summed E-state index contributed by atoms with van der Waals surface area (Å²) in [5, 5.41) is 2.82. The summed E-state index contributed by atoms with van der Waals surface area (Å²) in [6.45, 7) is 1.81. The number of nitrogens with zero attached hydrogens (tertiary/aromatic N) is 1. The van der Waals surface area contributed by atoms with Gasteiger partial charge in [0.25, 0.3) is 0 Å². The van der Waals surface area contributed by atoms with Crippen LogP contribution in [0.2, 0.25) is 0 Å². The van der Waals surface area contributed by atoms with E-state index >= 15 is 0 Å². The number of hydrogen-bond acceptors (Lipinski definition) is 3. The van der Waals surface area contributed by atoms with Crippen LogP contribution < -0.4 is 16.0 Å². The molecule has 2 amide bonds. The van der Waals surface area contributed by atoms with Crippen LogP contribution in [0, 0.1) is 5.82 Å². The van der Waals surface area contributed by atoms with Crippen molar-refractivity contribution in [3.8, 4) is 0 Å². The number of rotatable bonds is 5. The number of benzene rings is 2. The van der Waals surface area contributed by atoms with Crippen LogP contribution >= 0.6 is 0 Å². The number of nitrogens with two attached hydrogens (primary N) is 1. The molecule has 134 valence electrons. The van der Waals surface area contributed by atoms with Crippen molar-refractivity contribution in [1.82, 2.24) is 0 Å². The lowest BCUT2D eigenvalue weighted by molar-refractivity contribution is -0.111. The van der Waals surface area contributed by atoms with Gasteiger partial charge in [-0.2, -0.15) is 0 Å². The number of anilines is 2. The molecule has 2 aromatic carbocycles. The number of halogens is 1. The van der Waals surface area contributed by atoms with Crippen LogP contribution in [0.5, 0.6) is 0 Å². The van der Waals surface area contributed by atoms with Gasteiger partial charge in [-0.1, -0.05) is 12.1 Å². The Hall–Kier alpha value is -3.15. The molecule has 1 fully saturated rings. The Labute approximate surface area is 151 Å². The molecule has 1 heterocycles. The van der Waals surface area contributed by atoms with Crippen LogP contribution in [0.3, 0.4) is 0 Å². The largest absolute Gasteiger partial charge is 0.370 e. The Balaban J connectivity index is 1.79. The van der Waals surface area contributed by atoms with Crippen molar-refractivity contribution in [2.45, 2.75) is 12.8 Å². The maximum absolute atomic E-state index is 12.9. The van der Waals surface area contributed by atoms with E-state index < -0.39 is 5.91 Å². The van der Waals surface area contributed by atoms with E-state index in [0.717, 1.165) is 31.6 Å². The molecule has 0 radical (unpaired) electrons. The van der Waals surface area contributed by atoms with Gasteiger partial charge >= 0.3 is 0 Å². The standard InChI is InChI=1S/C20H20FN3O2/c21-16-7-3-14(4-8-16)5-10-19(25)23-17-13-15(20(22)26)6-9-18(17)24-11-1-2-12-24/h3-10,13H,1-2,11-12H2,(H2,22,26)(H,23,25). The van der Waals surface area contributed by atoms with Crippen molar-refractivity contribution in [2.24, 2.45) is 5.73 Å². The van der Waals surface area contributed by atoms with Gasteiger partial charge in [-0.3, -0.25) is 9.59 Å². The van der Waals surface area contributed by atoms with Crippen molar-refractivity contribution >= 4 is 29.3 Å². The SMILES string of the molecule is NC(=O)c1ccc(N2CCCC2)c(NC(=O)C=Cc2ccc(F)cc2)c1. The molecule has 2 aromatic rings. The molecule has 0 saturated carbocycles. The van der Waals surface area contributed by atoms with E-state index in [1.54, 1.807) is 30.3 Å². The molecule has 5 nitrogen and oxygen atoms in total. The minimum Gasteiger partial charge on any atom is -0.370 e. The summed E-state index contributed by atoms with van der Waals surface area (Å²) >= 11 is 0. The van der Waals surface area contributed by atoms with Gasteiger partial charge < -0.3 is 16.0 Å². The highest BCUT2D eigenvalue weighted by atomic mass is 19.1. The summed E-state index contributed by atoms with van der Waals surface area (Å²) in [7, 11) is 0. The second kappa shape index (κ2) is 7.82. The number of carbonyl (C=O) groups is 2. The van der Waals surface area contributed by atoms with Crippen molar-refractivity contribution in [1.29, 1.82) is 0 Å².